The van der Waals surface area contributed by atoms with Gasteiger partial charge in [0, 0.05) is 50.9 Å². The highest BCUT2D eigenvalue weighted by Gasteiger charge is 2.27. The van der Waals surface area contributed by atoms with Gasteiger partial charge in [0.2, 0.25) is 0 Å². The first-order valence-corrected chi connectivity index (χ1v) is 15.6. The van der Waals surface area contributed by atoms with Gasteiger partial charge in [-0.3, -0.25) is 4.90 Å². The third kappa shape index (κ3) is 4.81. The fraction of sp³-hybridized carbons (Fsp3) is 0.0513. The van der Waals surface area contributed by atoms with Crippen LogP contribution in [-0.4, -0.2) is 11.7 Å². The molecule has 5 aromatic carbocycles. The molecule has 0 aliphatic carbocycles. The zero-order valence-corrected chi connectivity index (χ0v) is 25.2. The number of pyridine rings is 1. The molecule has 0 bridgehead atoms. The van der Waals surface area contributed by atoms with Crippen molar-refractivity contribution in [2.24, 2.45) is 0 Å². The lowest BCUT2D eigenvalue weighted by Gasteiger charge is -2.27. The highest BCUT2D eigenvalue weighted by atomic mass is 32.2. The molecule has 0 spiro atoms. The molecule has 0 fully saturated rings. The largest absolute Gasteiger partial charge is 0.328 e. The number of para-hydroxylation sites is 2. The summed E-state index contributed by atoms with van der Waals surface area (Å²) >= 11 is 1.79. The molecule has 0 amide bonds. The number of aryl methyl sites for hydroxylation is 1. The lowest BCUT2D eigenvalue weighted by molar-refractivity contribution is 0.973. The van der Waals surface area contributed by atoms with Crippen molar-refractivity contribution in [1.82, 2.24) is 4.98 Å². The number of fused-ring (bicyclic) bond motifs is 5. The van der Waals surface area contributed by atoms with Crippen LogP contribution in [0.5, 0.6) is 0 Å². The molecule has 2 aliphatic heterocycles. The Morgan fingerprint density at radius 3 is 2.00 bits per heavy atom. The van der Waals surface area contributed by atoms with Gasteiger partial charge in [-0.05, 0) is 84.3 Å². The van der Waals surface area contributed by atoms with Crippen molar-refractivity contribution in [2.45, 2.75) is 16.7 Å². The van der Waals surface area contributed by atoms with Crippen LogP contribution in [0.4, 0.5) is 28.6 Å². The number of hydrogen-bond acceptors (Lipinski definition) is 5. The fourth-order valence-electron chi connectivity index (χ4n) is 6.09. The second-order valence-corrected chi connectivity index (χ2v) is 12.2. The van der Waals surface area contributed by atoms with E-state index in [0.29, 0.717) is 0 Å². The van der Waals surface area contributed by atoms with Crippen molar-refractivity contribution >= 4 is 40.3 Å². The zero-order valence-electron chi connectivity index (χ0n) is 24.3. The van der Waals surface area contributed by atoms with Crippen LogP contribution in [0.1, 0.15) is 5.56 Å². The smallest absolute Gasteiger partial charge is 0.137 e. The van der Waals surface area contributed by atoms with Crippen molar-refractivity contribution in [3.63, 3.8) is 0 Å². The van der Waals surface area contributed by atoms with E-state index in [0.717, 1.165) is 23.9 Å². The van der Waals surface area contributed by atoms with Crippen LogP contribution in [0.2, 0.25) is 0 Å². The van der Waals surface area contributed by atoms with Crippen molar-refractivity contribution < 1.29 is 0 Å². The SMILES string of the molecule is Cc1ccnc(N2c3ccccc3-c3ccccc3-c3ccc(Sc4cccc(N5C=CN(c6ccccc6)C5)c4)cc32)c1. The Hall–Kier alpha value is -5.26. The first kappa shape index (κ1) is 26.4. The normalized spacial score (nSPS) is 13.3. The van der Waals surface area contributed by atoms with Crippen molar-refractivity contribution in [3.8, 4) is 22.3 Å². The van der Waals surface area contributed by atoms with E-state index in [-0.39, 0.29) is 0 Å². The Labute approximate surface area is 262 Å². The number of aromatic nitrogens is 1. The van der Waals surface area contributed by atoms with Gasteiger partial charge in [0.05, 0.1) is 18.0 Å². The van der Waals surface area contributed by atoms with Gasteiger partial charge in [-0.15, -0.1) is 0 Å². The van der Waals surface area contributed by atoms with E-state index >= 15 is 0 Å². The van der Waals surface area contributed by atoms with Crippen molar-refractivity contribution in [1.29, 1.82) is 0 Å². The second-order valence-electron chi connectivity index (χ2n) is 11.1. The van der Waals surface area contributed by atoms with Gasteiger partial charge in [-0.1, -0.05) is 84.6 Å². The van der Waals surface area contributed by atoms with E-state index in [1.807, 2.05) is 6.20 Å². The van der Waals surface area contributed by atoms with Gasteiger partial charge >= 0.3 is 0 Å². The summed E-state index contributed by atoms with van der Waals surface area (Å²) < 4.78 is 0. The molecule has 6 aromatic rings. The molecule has 4 nitrogen and oxygen atoms in total. The summed E-state index contributed by atoms with van der Waals surface area (Å²) in [7, 11) is 0. The molecule has 212 valence electrons. The van der Waals surface area contributed by atoms with Gasteiger partial charge < -0.3 is 9.80 Å². The molecule has 8 rings (SSSR count). The molecule has 0 radical (unpaired) electrons. The maximum Gasteiger partial charge on any atom is 0.137 e. The minimum atomic E-state index is 0.786. The molecule has 0 N–H and O–H groups in total. The van der Waals surface area contributed by atoms with Gasteiger partial charge in [0.25, 0.3) is 0 Å². The van der Waals surface area contributed by atoms with Gasteiger partial charge in [0.1, 0.15) is 5.82 Å². The van der Waals surface area contributed by atoms with Crippen LogP contribution in [0.15, 0.2) is 162 Å². The first-order chi connectivity index (χ1) is 21.7. The maximum absolute atomic E-state index is 4.87. The highest BCUT2D eigenvalue weighted by Crippen LogP contribution is 2.51. The zero-order chi connectivity index (χ0) is 29.5. The predicted molar refractivity (Wildman–Crippen MR) is 184 cm³/mol. The Balaban J connectivity index is 1.18. The maximum atomic E-state index is 4.87. The molecule has 0 unspecified atom stereocenters. The monoisotopic (exact) mass is 586 g/mol. The molecular weight excluding hydrogens is 557 g/mol. The fourth-order valence-corrected chi connectivity index (χ4v) is 7.00. The minimum Gasteiger partial charge on any atom is -0.328 e. The van der Waals surface area contributed by atoms with Gasteiger partial charge in [-0.25, -0.2) is 4.98 Å². The number of nitrogens with zero attached hydrogens (tertiary/aromatic N) is 4. The molecule has 2 aliphatic rings. The third-order valence-electron chi connectivity index (χ3n) is 8.20. The summed E-state index contributed by atoms with van der Waals surface area (Å²) in [5, 5.41) is 0. The standard InChI is InChI=1S/C39H30N4S/c1-28-20-21-40-39(24-28)43-37-17-8-7-16-35(37)33-14-5-6-15-34(33)36-19-18-32(26-38(36)43)44-31-13-9-12-30(25-31)42-23-22-41(27-42)29-10-3-2-4-11-29/h2-26H,27H2,1H3. The summed E-state index contributed by atoms with van der Waals surface area (Å²) in [5.74, 6) is 0.916. The van der Waals surface area contributed by atoms with E-state index in [1.165, 1.54) is 49.0 Å². The topological polar surface area (TPSA) is 22.6 Å². The summed E-state index contributed by atoms with van der Waals surface area (Å²) in [4.78, 5) is 14.1. The molecule has 5 heteroatoms. The third-order valence-corrected chi connectivity index (χ3v) is 9.18. The number of benzene rings is 5. The van der Waals surface area contributed by atoms with E-state index in [9.17, 15) is 0 Å². The lowest BCUT2D eigenvalue weighted by atomic mass is 9.95. The molecule has 0 saturated carbocycles. The summed E-state index contributed by atoms with van der Waals surface area (Å²) in [6.07, 6.45) is 6.20. The van der Waals surface area contributed by atoms with E-state index in [2.05, 4.69) is 167 Å². The number of hydrogen-bond donors (Lipinski definition) is 0. The lowest BCUT2D eigenvalue weighted by Crippen LogP contribution is -2.24. The molecule has 3 heterocycles. The van der Waals surface area contributed by atoms with Gasteiger partial charge in [0.15, 0.2) is 0 Å². The molecule has 0 atom stereocenters. The van der Waals surface area contributed by atoms with Gasteiger partial charge in [-0.2, -0.15) is 0 Å². The first-order valence-electron chi connectivity index (χ1n) is 14.8. The number of rotatable bonds is 5. The molecule has 0 saturated heterocycles. The van der Waals surface area contributed by atoms with Crippen molar-refractivity contribution in [3.05, 3.63) is 158 Å². The predicted octanol–water partition coefficient (Wildman–Crippen LogP) is 10.4. The van der Waals surface area contributed by atoms with E-state index in [1.54, 1.807) is 11.8 Å². The van der Waals surface area contributed by atoms with Crippen LogP contribution in [0, 0.1) is 6.92 Å². The Bertz CT molecular complexity index is 2020. The number of anilines is 5. The van der Waals surface area contributed by atoms with Crippen LogP contribution in [0.3, 0.4) is 0 Å². The van der Waals surface area contributed by atoms with Crippen LogP contribution < -0.4 is 14.7 Å². The minimum absolute atomic E-state index is 0.786. The summed E-state index contributed by atoms with van der Waals surface area (Å²) in [6, 6.07) is 47.7. The van der Waals surface area contributed by atoms with E-state index in [4.69, 9.17) is 4.98 Å². The molecular formula is C39H30N4S. The average Bonchev–Trinajstić information content (AvgIpc) is 3.53. The molecule has 44 heavy (non-hydrogen) atoms. The van der Waals surface area contributed by atoms with E-state index < -0.39 is 0 Å². The average molecular weight is 587 g/mol. The van der Waals surface area contributed by atoms with Crippen LogP contribution in [0.25, 0.3) is 22.3 Å². The summed E-state index contributed by atoms with van der Waals surface area (Å²) in [5.41, 5.74) is 10.7. The Morgan fingerprint density at radius 2 is 1.20 bits per heavy atom. The highest BCUT2D eigenvalue weighted by molar-refractivity contribution is 7.99. The quantitative estimate of drug-likeness (QED) is 0.200. The Morgan fingerprint density at radius 1 is 0.545 bits per heavy atom. The van der Waals surface area contributed by atoms with Crippen molar-refractivity contribution in [2.75, 3.05) is 21.4 Å². The molecule has 1 aromatic heterocycles. The Kier molecular flexibility index (Phi) is 6.65. The second kappa shape index (κ2) is 11.1. The van der Waals surface area contributed by atoms with Crippen LogP contribution >= 0.6 is 11.8 Å². The van der Waals surface area contributed by atoms with Crippen LogP contribution in [-0.2, 0) is 0 Å². The summed E-state index contributed by atoms with van der Waals surface area (Å²) in [6.45, 7) is 2.91.